The third-order valence-electron chi connectivity index (χ3n) is 1.58. The van der Waals surface area contributed by atoms with E-state index in [1.807, 2.05) is 0 Å². The monoisotopic (exact) mass is 159 g/mol. The quantitative estimate of drug-likeness (QED) is 0.574. The molecule has 0 saturated carbocycles. The number of rotatable bonds is 7. The summed E-state index contributed by atoms with van der Waals surface area (Å²) in [5, 5.41) is 8.80. The number of aliphatic hydroxyl groups is 1. The summed E-state index contributed by atoms with van der Waals surface area (Å²) >= 11 is 0. The Balaban J connectivity index is 3.20. The smallest absolute Gasteiger partial charge is 0.0805 e. The normalized spacial score (nSPS) is 13.4. The van der Waals surface area contributed by atoms with Crippen molar-refractivity contribution in [2.24, 2.45) is 0 Å². The summed E-state index contributed by atoms with van der Waals surface area (Å²) in [6, 6.07) is 0. The Morgan fingerprint density at radius 1 is 1.55 bits per heavy atom. The summed E-state index contributed by atoms with van der Waals surface area (Å²) in [5.41, 5.74) is 0. The van der Waals surface area contributed by atoms with Crippen molar-refractivity contribution in [2.75, 3.05) is 13.2 Å². The minimum atomic E-state index is 0.0130. The van der Waals surface area contributed by atoms with Crippen LogP contribution < -0.4 is 0 Å². The molecule has 1 radical (unpaired) electrons. The van der Waals surface area contributed by atoms with Crippen LogP contribution in [-0.2, 0) is 4.74 Å². The maximum Gasteiger partial charge on any atom is 0.0805 e. The van der Waals surface area contributed by atoms with Gasteiger partial charge in [0.1, 0.15) is 0 Å². The van der Waals surface area contributed by atoms with Crippen LogP contribution in [0.4, 0.5) is 0 Å². The molecule has 67 valence electrons. The number of ether oxygens (including phenoxy) is 1. The highest BCUT2D eigenvalue weighted by atomic mass is 16.5. The summed E-state index contributed by atoms with van der Waals surface area (Å²) < 4.78 is 5.38. The fourth-order valence-corrected chi connectivity index (χ4v) is 0.849. The zero-order valence-corrected chi connectivity index (χ0v) is 7.38. The molecular weight excluding hydrogens is 140 g/mol. The van der Waals surface area contributed by atoms with Gasteiger partial charge in [0, 0.05) is 6.61 Å². The Hall–Kier alpha value is -0.0800. The summed E-state index contributed by atoms with van der Waals surface area (Å²) in [6.45, 7) is 6.72. The van der Waals surface area contributed by atoms with E-state index in [-0.39, 0.29) is 12.7 Å². The van der Waals surface area contributed by atoms with E-state index in [0.717, 1.165) is 32.3 Å². The van der Waals surface area contributed by atoms with E-state index in [1.54, 1.807) is 0 Å². The van der Waals surface area contributed by atoms with Crippen molar-refractivity contribution >= 4 is 0 Å². The van der Waals surface area contributed by atoms with Crippen molar-refractivity contribution in [3.05, 3.63) is 6.92 Å². The van der Waals surface area contributed by atoms with E-state index < -0.39 is 0 Å². The number of aliphatic hydroxyl groups excluding tert-OH is 1. The van der Waals surface area contributed by atoms with Crippen LogP contribution in [0, 0.1) is 6.92 Å². The van der Waals surface area contributed by atoms with Crippen molar-refractivity contribution in [1.82, 2.24) is 0 Å². The molecule has 0 aromatic heterocycles. The average molecular weight is 159 g/mol. The zero-order valence-electron chi connectivity index (χ0n) is 7.38. The molecule has 0 rings (SSSR count). The van der Waals surface area contributed by atoms with Crippen molar-refractivity contribution in [3.8, 4) is 0 Å². The van der Waals surface area contributed by atoms with E-state index in [1.165, 1.54) is 0 Å². The molecule has 1 N–H and O–H groups in total. The number of hydrogen-bond acceptors (Lipinski definition) is 2. The summed E-state index contributed by atoms with van der Waals surface area (Å²) in [5.74, 6) is 0. The Labute approximate surface area is 69.6 Å². The highest BCUT2D eigenvalue weighted by Gasteiger charge is 2.04. The second-order valence-electron chi connectivity index (χ2n) is 2.67. The van der Waals surface area contributed by atoms with E-state index in [2.05, 4.69) is 13.8 Å². The molecule has 1 atom stereocenters. The lowest BCUT2D eigenvalue weighted by Gasteiger charge is -2.13. The molecule has 0 fully saturated rings. The highest BCUT2D eigenvalue weighted by molar-refractivity contribution is 4.56. The highest BCUT2D eigenvalue weighted by Crippen LogP contribution is 2.02. The van der Waals surface area contributed by atoms with Gasteiger partial charge in [0.15, 0.2) is 0 Å². The first kappa shape index (κ1) is 10.9. The molecule has 0 bridgehead atoms. The first-order valence-corrected chi connectivity index (χ1v) is 4.36. The summed E-state index contributed by atoms with van der Waals surface area (Å²) in [4.78, 5) is 0. The summed E-state index contributed by atoms with van der Waals surface area (Å²) in [6.07, 6.45) is 3.92. The van der Waals surface area contributed by atoms with Crippen LogP contribution in [-0.4, -0.2) is 24.4 Å². The molecule has 0 amide bonds. The van der Waals surface area contributed by atoms with Gasteiger partial charge in [-0.3, -0.25) is 0 Å². The van der Waals surface area contributed by atoms with E-state index in [0.29, 0.717) is 0 Å². The lowest BCUT2D eigenvalue weighted by Crippen LogP contribution is -2.17. The zero-order chi connectivity index (χ0) is 8.53. The van der Waals surface area contributed by atoms with Gasteiger partial charge in [-0.15, -0.1) is 0 Å². The molecular formula is C9H19O2. The van der Waals surface area contributed by atoms with E-state index in [9.17, 15) is 0 Å². The van der Waals surface area contributed by atoms with Crippen molar-refractivity contribution in [3.63, 3.8) is 0 Å². The van der Waals surface area contributed by atoms with Crippen LogP contribution in [0.15, 0.2) is 0 Å². The lowest BCUT2D eigenvalue weighted by atomic mass is 10.2. The Kier molecular flexibility index (Phi) is 7.96. The Morgan fingerprint density at radius 2 is 2.27 bits per heavy atom. The summed E-state index contributed by atoms with van der Waals surface area (Å²) in [7, 11) is 0. The lowest BCUT2D eigenvalue weighted by molar-refractivity contribution is 0.00745. The van der Waals surface area contributed by atoms with Gasteiger partial charge in [0.25, 0.3) is 0 Å². The van der Waals surface area contributed by atoms with Crippen LogP contribution in [0.25, 0.3) is 0 Å². The Morgan fingerprint density at radius 3 is 2.73 bits per heavy atom. The topological polar surface area (TPSA) is 29.5 Å². The molecule has 0 spiro atoms. The maximum absolute atomic E-state index is 8.80. The van der Waals surface area contributed by atoms with E-state index >= 15 is 0 Å². The van der Waals surface area contributed by atoms with Gasteiger partial charge in [0.05, 0.1) is 12.7 Å². The molecule has 0 aliphatic heterocycles. The van der Waals surface area contributed by atoms with Crippen LogP contribution >= 0.6 is 0 Å². The third-order valence-corrected chi connectivity index (χ3v) is 1.58. The molecule has 0 aromatic rings. The molecule has 0 aliphatic rings. The fraction of sp³-hybridized carbons (Fsp3) is 0.889. The van der Waals surface area contributed by atoms with Gasteiger partial charge in [-0.2, -0.15) is 0 Å². The second-order valence-corrected chi connectivity index (χ2v) is 2.67. The number of hydrogen-bond donors (Lipinski definition) is 1. The minimum Gasteiger partial charge on any atom is -0.394 e. The third kappa shape index (κ3) is 6.32. The molecule has 0 aromatic carbocycles. The first-order valence-electron chi connectivity index (χ1n) is 4.36. The molecule has 0 saturated heterocycles. The van der Waals surface area contributed by atoms with Gasteiger partial charge in [0.2, 0.25) is 0 Å². The predicted octanol–water partition coefficient (Wildman–Crippen LogP) is 1.78. The van der Waals surface area contributed by atoms with Crippen molar-refractivity contribution < 1.29 is 9.84 Å². The van der Waals surface area contributed by atoms with Gasteiger partial charge >= 0.3 is 0 Å². The first-order chi connectivity index (χ1) is 5.35. The van der Waals surface area contributed by atoms with Crippen LogP contribution in [0.5, 0.6) is 0 Å². The van der Waals surface area contributed by atoms with Crippen molar-refractivity contribution in [1.29, 1.82) is 0 Å². The SMILES string of the molecule is [CH2]CCC(CO)OCCCC. The van der Waals surface area contributed by atoms with Gasteiger partial charge in [-0.1, -0.05) is 26.7 Å². The largest absolute Gasteiger partial charge is 0.394 e. The predicted molar refractivity (Wildman–Crippen MR) is 46.3 cm³/mol. The molecule has 0 heterocycles. The maximum atomic E-state index is 8.80. The van der Waals surface area contributed by atoms with E-state index in [4.69, 9.17) is 9.84 Å². The molecule has 11 heavy (non-hydrogen) atoms. The van der Waals surface area contributed by atoms with Gasteiger partial charge in [-0.25, -0.2) is 0 Å². The van der Waals surface area contributed by atoms with Crippen molar-refractivity contribution in [2.45, 2.75) is 38.7 Å². The van der Waals surface area contributed by atoms with Crippen LogP contribution in [0.2, 0.25) is 0 Å². The minimum absolute atomic E-state index is 0.0130. The van der Waals surface area contributed by atoms with Crippen LogP contribution in [0.3, 0.4) is 0 Å². The standard InChI is InChI=1S/C9H19O2/c1-3-5-7-11-9(8-10)6-4-2/h9-10H,2-8H2,1H3. The van der Waals surface area contributed by atoms with Gasteiger partial charge < -0.3 is 9.84 Å². The number of unbranched alkanes of at least 4 members (excludes halogenated alkanes) is 1. The fourth-order valence-electron chi connectivity index (χ4n) is 0.849. The molecule has 1 unspecified atom stereocenters. The molecule has 2 nitrogen and oxygen atoms in total. The van der Waals surface area contributed by atoms with Crippen LogP contribution in [0.1, 0.15) is 32.6 Å². The second kappa shape index (κ2) is 8.02. The average Bonchev–Trinajstić information content (AvgIpc) is 2.03. The van der Waals surface area contributed by atoms with Gasteiger partial charge in [-0.05, 0) is 12.8 Å². The Bertz CT molecular complexity index is 74.0. The molecule has 2 heteroatoms. The molecule has 0 aliphatic carbocycles.